The van der Waals surface area contributed by atoms with E-state index in [1.54, 1.807) is 12.1 Å². The Morgan fingerprint density at radius 3 is 2.35 bits per heavy atom. The highest BCUT2D eigenvalue weighted by molar-refractivity contribution is 9.10. The van der Waals surface area contributed by atoms with Gasteiger partial charge in [-0.1, -0.05) is 22.9 Å². The van der Waals surface area contributed by atoms with E-state index in [-0.39, 0.29) is 17.7 Å². The Morgan fingerprint density at radius 2 is 1.75 bits per heavy atom. The monoisotopic (exact) mass is 341 g/mol. The molecule has 110 valence electrons. The second-order valence-corrected chi connectivity index (χ2v) is 5.43. The molecule has 1 aromatic rings. The van der Waals surface area contributed by atoms with Crippen molar-refractivity contribution in [1.82, 2.24) is 16.0 Å². The second kappa shape index (κ2) is 8.71. The summed E-state index contributed by atoms with van der Waals surface area (Å²) in [5.74, 6) is -0.241. The van der Waals surface area contributed by atoms with E-state index in [0.717, 1.165) is 4.47 Å². The molecule has 5 nitrogen and oxygen atoms in total. The third-order valence-electron chi connectivity index (χ3n) is 2.77. The summed E-state index contributed by atoms with van der Waals surface area (Å²) in [6.45, 7) is 3.32. The van der Waals surface area contributed by atoms with Crippen molar-refractivity contribution in [3.63, 3.8) is 0 Å². The second-order valence-electron chi connectivity index (χ2n) is 4.51. The minimum atomic E-state index is -0.143. The van der Waals surface area contributed by atoms with Crippen molar-refractivity contribution >= 4 is 27.7 Å². The van der Waals surface area contributed by atoms with E-state index in [9.17, 15) is 9.59 Å². The molecule has 0 saturated carbocycles. The molecule has 1 atom stereocenters. The third kappa shape index (κ3) is 5.71. The Kier molecular flexibility index (Phi) is 7.25. The Balaban J connectivity index is 2.25. The van der Waals surface area contributed by atoms with Gasteiger partial charge in [0.15, 0.2) is 0 Å². The minimum absolute atomic E-state index is 0.0164. The van der Waals surface area contributed by atoms with Crippen LogP contribution in [0.1, 0.15) is 17.3 Å². The molecule has 0 aliphatic carbocycles. The molecular weight excluding hydrogens is 322 g/mol. The molecule has 0 aliphatic rings. The van der Waals surface area contributed by atoms with Gasteiger partial charge in [0.1, 0.15) is 0 Å². The molecule has 0 bridgehead atoms. The van der Waals surface area contributed by atoms with Gasteiger partial charge in [0.05, 0.1) is 0 Å². The van der Waals surface area contributed by atoms with E-state index < -0.39 is 0 Å². The van der Waals surface area contributed by atoms with Crippen LogP contribution in [0.3, 0.4) is 0 Å². The number of carbonyl (C=O) groups excluding carboxylic acids is 2. The smallest absolute Gasteiger partial charge is 0.251 e. The van der Waals surface area contributed by atoms with E-state index in [4.69, 9.17) is 0 Å². The summed E-state index contributed by atoms with van der Waals surface area (Å²) >= 11 is 3.32. The zero-order valence-electron chi connectivity index (χ0n) is 11.7. The Bertz CT molecular complexity index is 448. The Labute approximate surface area is 127 Å². The fourth-order valence-electron chi connectivity index (χ4n) is 1.64. The first kappa shape index (κ1) is 16.7. The van der Waals surface area contributed by atoms with Crippen LogP contribution in [-0.2, 0) is 4.79 Å². The fraction of sp³-hybridized carbons (Fsp3) is 0.429. The van der Waals surface area contributed by atoms with Gasteiger partial charge < -0.3 is 16.0 Å². The van der Waals surface area contributed by atoms with Gasteiger partial charge >= 0.3 is 0 Å². The summed E-state index contributed by atoms with van der Waals surface area (Å²) in [7, 11) is 1.81. The number of hydrogen-bond acceptors (Lipinski definition) is 3. The fourth-order valence-corrected chi connectivity index (χ4v) is 1.90. The lowest BCUT2D eigenvalue weighted by atomic mass is 10.1. The quantitative estimate of drug-likeness (QED) is 0.651. The van der Waals surface area contributed by atoms with E-state index in [1.807, 2.05) is 26.1 Å². The van der Waals surface area contributed by atoms with Crippen LogP contribution < -0.4 is 16.0 Å². The van der Waals surface area contributed by atoms with Crippen molar-refractivity contribution in [2.45, 2.75) is 6.92 Å². The zero-order chi connectivity index (χ0) is 15.0. The van der Waals surface area contributed by atoms with Crippen molar-refractivity contribution in [2.75, 3.05) is 26.7 Å². The highest BCUT2D eigenvalue weighted by Crippen LogP contribution is 2.10. The maximum atomic E-state index is 11.8. The van der Waals surface area contributed by atoms with Crippen LogP contribution in [0.25, 0.3) is 0 Å². The van der Waals surface area contributed by atoms with Gasteiger partial charge in [-0.05, 0) is 31.3 Å². The summed E-state index contributed by atoms with van der Waals surface area (Å²) in [4.78, 5) is 23.4. The Morgan fingerprint density at radius 1 is 1.15 bits per heavy atom. The molecule has 0 saturated heterocycles. The topological polar surface area (TPSA) is 70.2 Å². The van der Waals surface area contributed by atoms with Gasteiger partial charge in [-0.25, -0.2) is 0 Å². The normalized spacial score (nSPS) is 11.8. The van der Waals surface area contributed by atoms with Crippen LogP contribution in [-0.4, -0.2) is 38.5 Å². The number of benzene rings is 1. The average molecular weight is 342 g/mol. The molecule has 20 heavy (non-hydrogen) atoms. The molecule has 0 fully saturated rings. The van der Waals surface area contributed by atoms with E-state index in [2.05, 4.69) is 31.9 Å². The highest BCUT2D eigenvalue weighted by atomic mass is 79.9. The first-order valence-corrected chi connectivity index (χ1v) is 7.30. The van der Waals surface area contributed by atoms with Crippen LogP contribution in [0.15, 0.2) is 28.7 Å². The summed E-state index contributed by atoms with van der Waals surface area (Å²) < 4.78 is 0.930. The van der Waals surface area contributed by atoms with Gasteiger partial charge in [-0.15, -0.1) is 0 Å². The standard InChI is InChI=1S/C14H20BrN3O2/c1-10(9-16-2)13(19)17-7-8-18-14(20)11-3-5-12(15)6-4-11/h3-6,10,16H,7-9H2,1-2H3,(H,17,19)(H,18,20). The van der Waals surface area contributed by atoms with Gasteiger partial charge in [0.2, 0.25) is 5.91 Å². The highest BCUT2D eigenvalue weighted by Gasteiger charge is 2.10. The number of amides is 2. The number of carbonyl (C=O) groups is 2. The molecule has 0 spiro atoms. The van der Waals surface area contributed by atoms with Crippen molar-refractivity contribution in [3.8, 4) is 0 Å². The lowest BCUT2D eigenvalue weighted by molar-refractivity contribution is -0.124. The number of halogens is 1. The first-order chi connectivity index (χ1) is 9.54. The predicted molar refractivity (Wildman–Crippen MR) is 82.6 cm³/mol. The van der Waals surface area contributed by atoms with Crippen LogP contribution >= 0.6 is 15.9 Å². The lowest BCUT2D eigenvalue weighted by Gasteiger charge is -2.12. The third-order valence-corrected chi connectivity index (χ3v) is 3.30. The van der Waals surface area contributed by atoms with Crippen molar-refractivity contribution in [2.24, 2.45) is 5.92 Å². The molecule has 1 rings (SSSR count). The predicted octanol–water partition coefficient (Wildman–Crippen LogP) is 1.15. The van der Waals surface area contributed by atoms with Gasteiger partial charge in [0, 0.05) is 35.6 Å². The maximum Gasteiger partial charge on any atom is 0.251 e. The molecule has 1 unspecified atom stereocenters. The molecule has 0 aliphatic heterocycles. The summed E-state index contributed by atoms with van der Waals surface area (Å²) in [5.41, 5.74) is 0.600. The van der Waals surface area contributed by atoms with Crippen molar-refractivity contribution in [3.05, 3.63) is 34.3 Å². The van der Waals surface area contributed by atoms with Crippen LogP contribution in [0.5, 0.6) is 0 Å². The van der Waals surface area contributed by atoms with Gasteiger partial charge in [0.25, 0.3) is 5.91 Å². The summed E-state index contributed by atoms with van der Waals surface area (Å²) in [6.07, 6.45) is 0. The van der Waals surface area contributed by atoms with E-state index in [1.165, 1.54) is 0 Å². The SMILES string of the molecule is CNCC(C)C(=O)NCCNC(=O)c1ccc(Br)cc1. The number of rotatable bonds is 7. The molecule has 3 N–H and O–H groups in total. The molecule has 6 heteroatoms. The van der Waals surface area contributed by atoms with Crippen LogP contribution in [0, 0.1) is 5.92 Å². The van der Waals surface area contributed by atoms with Crippen LogP contribution in [0.4, 0.5) is 0 Å². The van der Waals surface area contributed by atoms with E-state index >= 15 is 0 Å². The molecular formula is C14H20BrN3O2. The maximum absolute atomic E-state index is 11.8. The lowest BCUT2D eigenvalue weighted by Crippen LogP contribution is -2.39. The summed E-state index contributed by atoms with van der Waals surface area (Å²) in [5, 5.41) is 8.49. The molecule has 1 aromatic carbocycles. The molecule has 2 amide bonds. The van der Waals surface area contributed by atoms with Crippen LogP contribution in [0.2, 0.25) is 0 Å². The van der Waals surface area contributed by atoms with Crippen molar-refractivity contribution < 1.29 is 9.59 Å². The minimum Gasteiger partial charge on any atom is -0.354 e. The molecule has 0 aromatic heterocycles. The Hall–Kier alpha value is -1.40. The molecule has 0 radical (unpaired) electrons. The summed E-state index contributed by atoms with van der Waals surface area (Å²) in [6, 6.07) is 7.12. The van der Waals surface area contributed by atoms with E-state index in [0.29, 0.717) is 25.2 Å². The largest absolute Gasteiger partial charge is 0.354 e. The van der Waals surface area contributed by atoms with Gasteiger partial charge in [-0.3, -0.25) is 9.59 Å². The number of nitrogens with one attached hydrogen (secondary N) is 3. The van der Waals surface area contributed by atoms with Crippen molar-refractivity contribution in [1.29, 1.82) is 0 Å². The number of hydrogen-bond donors (Lipinski definition) is 3. The van der Waals surface area contributed by atoms with Gasteiger partial charge in [-0.2, -0.15) is 0 Å². The first-order valence-electron chi connectivity index (χ1n) is 6.50. The molecule has 0 heterocycles. The zero-order valence-corrected chi connectivity index (χ0v) is 13.3. The average Bonchev–Trinajstić information content (AvgIpc) is 2.44.